The average molecular weight is 311 g/mol. The SMILES string of the molecule is Cc1csc(C(C)NC(=O)N2CCC(CC(=O)O)CC2)n1. The van der Waals surface area contributed by atoms with Crippen molar-refractivity contribution in [2.75, 3.05) is 13.1 Å². The number of aliphatic carboxylic acids is 1. The summed E-state index contributed by atoms with van der Waals surface area (Å²) in [7, 11) is 0. The Balaban J connectivity index is 1.80. The Morgan fingerprint density at radius 1 is 1.52 bits per heavy atom. The molecule has 0 aliphatic carbocycles. The maximum absolute atomic E-state index is 12.2. The van der Waals surface area contributed by atoms with Crippen molar-refractivity contribution in [2.24, 2.45) is 5.92 Å². The predicted octanol–water partition coefficient (Wildman–Crippen LogP) is 2.41. The molecule has 21 heavy (non-hydrogen) atoms. The molecule has 2 heterocycles. The molecule has 2 N–H and O–H groups in total. The molecule has 0 spiro atoms. The van der Waals surface area contributed by atoms with Gasteiger partial charge in [-0.15, -0.1) is 11.3 Å². The highest BCUT2D eigenvalue weighted by atomic mass is 32.1. The van der Waals surface area contributed by atoms with Gasteiger partial charge in [-0.3, -0.25) is 4.79 Å². The first-order valence-corrected chi connectivity index (χ1v) is 8.03. The maximum atomic E-state index is 12.2. The summed E-state index contributed by atoms with van der Waals surface area (Å²) < 4.78 is 0. The number of thiazole rings is 1. The lowest BCUT2D eigenvalue weighted by Gasteiger charge is -2.32. The molecule has 1 unspecified atom stereocenters. The van der Waals surface area contributed by atoms with Gasteiger partial charge in [-0.1, -0.05) is 0 Å². The standard InChI is InChI=1S/C14H21N3O3S/c1-9-8-21-13(15-9)10(2)16-14(20)17-5-3-11(4-6-17)7-12(18)19/h8,10-11H,3-7H2,1-2H3,(H,16,20)(H,18,19). The number of carbonyl (C=O) groups is 2. The van der Waals surface area contributed by atoms with Gasteiger partial charge >= 0.3 is 12.0 Å². The highest BCUT2D eigenvalue weighted by molar-refractivity contribution is 7.09. The second-order valence-corrected chi connectivity index (χ2v) is 6.42. The highest BCUT2D eigenvalue weighted by Gasteiger charge is 2.25. The summed E-state index contributed by atoms with van der Waals surface area (Å²) >= 11 is 1.54. The number of amides is 2. The Labute approximate surface area is 128 Å². The fourth-order valence-electron chi connectivity index (χ4n) is 2.50. The van der Waals surface area contributed by atoms with E-state index >= 15 is 0 Å². The number of hydrogen-bond acceptors (Lipinski definition) is 4. The van der Waals surface area contributed by atoms with Crippen LogP contribution in [0.15, 0.2) is 5.38 Å². The van der Waals surface area contributed by atoms with Crippen LogP contribution in [0.3, 0.4) is 0 Å². The van der Waals surface area contributed by atoms with E-state index < -0.39 is 5.97 Å². The van der Waals surface area contributed by atoms with Gasteiger partial charge in [0, 0.05) is 30.6 Å². The average Bonchev–Trinajstić information content (AvgIpc) is 2.85. The lowest BCUT2D eigenvalue weighted by Crippen LogP contribution is -2.45. The number of aryl methyl sites for hydroxylation is 1. The number of nitrogens with zero attached hydrogens (tertiary/aromatic N) is 2. The summed E-state index contributed by atoms with van der Waals surface area (Å²) in [4.78, 5) is 29.0. The number of likely N-dealkylation sites (tertiary alicyclic amines) is 1. The van der Waals surface area contributed by atoms with E-state index in [1.807, 2.05) is 19.2 Å². The number of carboxylic acid groups (broad SMARTS) is 1. The Kier molecular flexibility index (Phi) is 5.17. The molecule has 2 amide bonds. The highest BCUT2D eigenvalue weighted by Crippen LogP contribution is 2.22. The molecule has 0 aromatic carbocycles. The molecule has 1 fully saturated rings. The normalized spacial score (nSPS) is 17.5. The van der Waals surface area contributed by atoms with Crippen molar-refractivity contribution in [2.45, 2.75) is 39.2 Å². The van der Waals surface area contributed by atoms with Crippen molar-refractivity contribution < 1.29 is 14.7 Å². The number of aromatic nitrogens is 1. The summed E-state index contributed by atoms with van der Waals surface area (Å²) in [5, 5.41) is 14.6. The number of piperidine rings is 1. The largest absolute Gasteiger partial charge is 0.481 e. The van der Waals surface area contributed by atoms with Crippen molar-refractivity contribution in [1.29, 1.82) is 0 Å². The minimum absolute atomic E-state index is 0.0934. The number of urea groups is 1. The van der Waals surface area contributed by atoms with Crippen LogP contribution in [0.4, 0.5) is 4.79 Å². The van der Waals surface area contributed by atoms with Gasteiger partial charge in [-0.25, -0.2) is 9.78 Å². The van der Waals surface area contributed by atoms with Crippen LogP contribution >= 0.6 is 11.3 Å². The Morgan fingerprint density at radius 2 is 2.19 bits per heavy atom. The van der Waals surface area contributed by atoms with Crippen molar-refractivity contribution in [3.8, 4) is 0 Å². The molecular formula is C14H21N3O3S. The van der Waals surface area contributed by atoms with Gasteiger partial charge in [0.1, 0.15) is 5.01 Å². The maximum Gasteiger partial charge on any atom is 0.317 e. The second kappa shape index (κ2) is 6.89. The number of carboxylic acids is 1. The van der Waals surface area contributed by atoms with Crippen LogP contribution in [0.1, 0.15) is 42.9 Å². The third-order valence-corrected chi connectivity index (χ3v) is 4.86. The van der Waals surface area contributed by atoms with Gasteiger partial charge < -0.3 is 15.3 Å². The van der Waals surface area contributed by atoms with Gasteiger partial charge in [0.25, 0.3) is 0 Å². The van der Waals surface area contributed by atoms with E-state index in [4.69, 9.17) is 5.11 Å². The lowest BCUT2D eigenvalue weighted by atomic mass is 9.94. The van der Waals surface area contributed by atoms with Crippen molar-refractivity contribution in [1.82, 2.24) is 15.2 Å². The number of nitrogens with one attached hydrogen (secondary N) is 1. The summed E-state index contributed by atoms with van der Waals surface area (Å²) in [5.41, 5.74) is 0.964. The zero-order valence-corrected chi connectivity index (χ0v) is 13.2. The summed E-state index contributed by atoms with van der Waals surface area (Å²) in [6.45, 7) is 5.09. The molecular weight excluding hydrogens is 290 g/mol. The Morgan fingerprint density at radius 3 is 2.71 bits per heavy atom. The van der Waals surface area contributed by atoms with E-state index in [2.05, 4.69) is 10.3 Å². The van der Waals surface area contributed by atoms with Crippen molar-refractivity contribution in [3.05, 3.63) is 16.1 Å². The van der Waals surface area contributed by atoms with E-state index in [0.29, 0.717) is 13.1 Å². The first kappa shape index (κ1) is 15.8. The zero-order valence-electron chi connectivity index (χ0n) is 12.3. The van der Waals surface area contributed by atoms with Crippen LogP contribution in [-0.4, -0.2) is 40.1 Å². The molecule has 116 valence electrons. The van der Waals surface area contributed by atoms with E-state index in [0.717, 1.165) is 23.5 Å². The molecule has 1 aliphatic heterocycles. The molecule has 6 nitrogen and oxygen atoms in total. The third kappa shape index (κ3) is 4.42. The predicted molar refractivity (Wildman–Crippen MR) is 80.3 cm³/mol. The second-order valence-electron chi connectivity index (χ2n) is 5.53. The smallest absolute Gasteiger partial charge is 0.317 e. The Bertz CT molecular complexity index is 509. The molecule has 1 aromatic rings. The molecule has 0 radical (unpaired) electrons. The number of rotatable bonds is 4. The molecule has 0 saturated carbocycles. The lowest BCUT2D eigenvalue weighted by molar-refractivity contribution is -0.138. The van der Waals surface area contributed by atoms with E-state index in [-0.39, 0.29) is 24.4 Å². The number of carbonyl (C=O) groups excluding carboxylic acids is 1. The van der Waals surface area contributed by atoms with Crippen LogP contribution in [0.5, 0.6) is 0 Å². The van der Waals surface area contributed by atoms with E-state index in [9.17, 15) is 9.59 Å². The van der Waals surface area contributed by atoms with E-state index in [1.54, 1.807) is 16.2 Å². The molecule has 2 rings (SSSR count). The molecule has 7 heteroatoms. The first-order chi connectivity index (χ1) is 9.95. The quantitative estimate of drug-likeness (QED) is 0.894. The fraction of sp³-hybridized carbons (Fsp3) is 0.643. The first-order valence-electron chi connectivity index (χ1n) is 7.15. The van der Waals surface area contributed by atoms with Crippen LogP contribution < -0.4 is 5.32 Å². The molecule has 1 atom stereocenters. The van der Waals surface area contributed by atoms with Gasteiger partial charge in [0.15, 0.2) is 0 Å². The van der Waals surface area contributed by atoms with Crippen LogP contribution in [0.2, 0.25) is 0 Å². The summed E-state index contributed by atoms with van der Waals surface area (Å²) in [5.74, 6) is -0.573. The van der Waals surface area contributed by atoms with E-state index in [1.165, 1.54) is 0 Å². The summed E-state index contributed by atoms with van der Waals surface area (Å²) in [6.07, 6.45) is 1.71. The van der Waals surface area contributed by atoms with Gasteiger partial charge in [0.05, 0.1) is 6.04 Å². The van der Waals surface area contributed by atoms with Gasteiger partial charge in [0.2, 0.25) is 0 Å². The van der Waals surface area contributed by atoms with Crippen LogP contribution in [-0.2, 0) is 4.79 Å². The van der Waals surface area contributed by atoms with Crippen LogP contribution in [0, 0.1) is 12.8 Å². The summed E-state index contributed by atoms with van der Waals surface area (Å²) in [6, 6.07) is -0.197. The topological polar surface area (TPSA) is 82.5 Å². The molecule has 1 aliphatic rings. The minimum Gasteiger partial charge on any atom is -0.481 e. The minimum atomic E-state index is -0.759. The molecule has 1 aromatic heterocycles. The van der Waals surface area contributed by atoms with Crippen molar-refractivity contribution in [3.63, 3.8) is 0 Å². The van der Waals surface area contributed by atoms with Crippen LogP contribution in [0.25, 0.3) is 0 Å². The Hall–Kier alpha value is -1.63. The van der Waals surface area contributed by atoms with Gasteiger partial charge in [-0.2, -0.15) is 0 Å². The third-order valence-electron chi connectivity index (χ3n) is 3.71. The number of hydrogen-bond donors (Lipinski definition) is 2. The zero-order chi connectivity index (χ0) is 15.4. The molecule has 0 bridgehead atoms. The van der Waals surface area contributed by atoms with Crippen molar-refractivity contribution >= 4 is 23.3 Å². The van der Waals surface area contributed by atoms with Gasteiger partial charge in [-0.05, 0) is 32.6 Å². The fourth-order valence-corrected chi connectivity index (χ4v) is 3.30. The monoisotopic (exact) mass is 311 g/mol. The molecule has 1 saturated heterocycles.